The van der Waals surface area contributed by atoms with Gasteiger partial charge in [0.1, 0.15) is 0 Å². The van der Waals surface area contributed by atoms with E-state index in [1.165, 1.54) is 42.5 Å². The third kappa shape index (κ3) is 3.67. The van der Waals surface area contributed by atoms with Gasteiger partial charge in [-0.05, 0) is 88.5 Å². The summed E-state index contributed by atoms with van der Waals surface area (Å²) in [6.07, 6.45) is 4.05. The van der Waals surface area contributed by atoms with Gasteiger partial charge in [0, 0.05) is 6.04 Å². The lowest BCUT2D eigenvalue weighted by Gasteiger charge is -2.36. The molecule has 0 amide bonds. The second-order valence-corrected chi connectivity index (χ2v) is 6.68. The standard InChI is InChI=1S/C19H32N2/c1-6-21-10-8-7-9-17(13-20-5)19(21)18-12-15(3)14(2)11-16(18)4/h11-12,17,19-20H,6-10,13H2,1-5H3. The maximum Gasteiger partial charge on any atom is 0.0390 e. The van der Waals surface area contributed by atoms with Crippen LogP contribution in [0.3, 0.4) is 0 Å². The number of benzene rings is 1. The Kier molecular flexibility index (Phi) is 5.83. The summed E-state index contributed by atoms with van der Waals surface area (Å²) in [6, 6.07) is 5.40. The molecule has 21 heavy (non-hydrogen) atoms. The van der Waals surface area contributed by atoms with Crippen LogP contribution in [0.15, 0.2) is 12.1 Å². The van der Waals surface area contributed by atoms with Crippen molar-refractivity contribution < 1.29 is 0 Å². The van der Waals surface area contributed by atoms with Crippen LogP contribution in [0.5, 0.6) is 0 Å². The molecule has 2 rings (SSSR count). The van der Waals surface area contributed by atoms with E-state index in [1.807, 2.05) is 0 Å². The summed E-state index contributed by atoms with van der Waals surface area (Å²) >= 11 is 0. The Balaban J connectivity index is 2.44. The van der Waals surface area contributed by atoms with Gasteiger partial charge < -0.3 is 5.32 Å². The minimum absolute atomic E-state index is 0.573. The van der Waals surface area contributed by atoms with Gasteiger partial charge >= 0.3 is 0 Å². The van der Waals surface area contributed by atoms with Crippen molar-refractivity contribution in [2.45, 2.75) is 53.0 Å². The summed E-state index contributed by atoms with van der Waals surface area (Å²) in [4.78, 5) is 2.70. The normalized spacial score (nSPS) is 24.0. The molecule has 1 N–H and O–H groups in total. The van der Waals surface area contributed by atoms with E-state index in [2.05, 4.69) is 57.1 Å². The van der Waals surface area contributed by atoms with Crippen molar-refractivity contribution in [1.82, 2.24) is 10.2 Å². The maximum absolute atomic E-state index is 3.43. The van der Waals surface area contributed by atoms with E-state index in [9.17, 15) is 0 Å². The average molecular weight is 288 g/mol. The van der Waals surface area contributed by atoms with Gasteiger partial charge in [-0.1, -0.05) is 25.5 Å². The number of hydrogen-bond acceptors (Lipinski definition) is 2. The molecular formula is C19H32N2. The van der Waals surface area contributed by atoms with Crippen LogP contribution in [0.4, 0.5) is 0 Å². The molecule has 0 saturated carbocycles. The van der Waals surface area contributed by atoms with Crippen LogP contribution >= 0.6 is 0 Å². The highest BCUT2D eigenvalue weighted by molar-refractivity contribution is 5.38. The monoisotopic (exact) mass is 288 g/mol. The predicted octanol–water partition coefficient (Wildman–Crippen LogP) is 3.99. The molecule has 1 aromatic rings. The van der Waals surface area contributed by atoms with Crippen LogP contribution < -0.4 is 5.32 Å². The third-order valence-electron chi connectivity index (χ3n) is 5.18. The first-order chi connectivity index (χ1) is 10.1. The van der Waals surface area contributed by atoms with E-state index < -0.39 is 0 Å². The number of hydrogen-bond donors (Lipinski definition) is 1. The SMILES string of the molecule is CCN1CCCCC(CNC)C1c1cc(C)c(C)cc1C. The van der Waals surface area contributed by atoms with Crippen molar-refractivity contribution in [1.29, 1.82) is 0 Å². The smallest absolute Gasteiger partial charge is 0.0390 e. The molecular weight excluding hydrogens is 256 g/mol. The summed E-state index contributed by atoms with van der Waals surface area (Å²) in [7, 11) is 2.09. The first-order valence-electron chi connectivity index (χ1n) is 8.54. The van der Waals surface area contributed by atoms with Crippen LogP contribution in [0.2, 0.25) is 0 Å². The molecule has 2 nitrogen and oxygen atoms in total. The minimum Gasteiger partial charge on any atom is -0.319 e. The van der Waals surface area contributed by atoms with Gasteiger partial charge in [-0.25, -0.2) is 0 Å². The fourth-order valence-electron chi connectivity index (χ4n) is 3.90. The van der Waals surface area contributed by atoms with Crippen LogP contribution in [0.1, 0.15) is 54.5 Å². The van der Waals surface area contributed by atoms with Gasteiger partial charge in [-0.15, -0.1) is 0 Å². The molecule has 1 heterocycles. The van der Waals surface area contributed by atoms with Crippen LogP contribution in [0, 0.1) is 26.7 Å². The van der Waals surface area contributed by atoms with Gasteiger partial charge in [-0.3, -0.25) is 4.90 Å². The second-order valence-electron chi connectivity index (χ2n) is 6.68. The topological polar surface area (TPSA) is 15.3 Å². The van der Waals surface area contributed by atoms with E-state index >= 15 is 0 Å². The highest BCUT2D eigenvalue weighted by atomic mass is 15.2. The molecule has 1 aliphatic rings. The van der Waals surface area contributed by atoms with Crippen molar-refractivity contribution in [3.8, 4) is 0 Å². The lowest BCUT2D eigenvalue weighted by molar-refractivity contribution is 0.162. The summed E-state index contributed by atoms with van der Waals surface area (Å²) < 4.78 is 0. The van der Waals surface area contributed by atoms with Crippen LogP contribution in [0.25, 0.3) is 0 Å². The van der Waals surface area contributed by atoms with Crippen molar-refractivity contribution in [2.75, 3.05) is 26.7 Å². The highest BCUT2D eigenvalue weighted by Gasteiger charge is 2.30. The lowest BCUT2D eigenvalue weighted by atomic mass is 9.85. The number of nitrogens with zero attached hydrogens (tertiary/aromatic N) is 1. The minimum atomic E-state index is 0.573. The molecule has 2 unspecified atom stereocenters. The Morgan fingerprint density at radius 3 is 2.48 bits per heavy atom. The Bertz CT molecular complexity index is 467. The largest absolute Gasteiger partial charge is 0.319 e. The Labute approximate surface area is 130 Å². The molecule has 0 radical (unpaired) electrons. The van der Waals surface area contributed by atoms with E-state index in [-0.39, 0.29) is 0 Å². The first-order valence-corrected chi connectivity index (χ1v) is 8.54. The van der Waals surface area contributed by atoms with Gasteiger partial charge in [-0.2, -0.15) is 0 Å². The third-order valence-corrected chi connectivity index (χ3v) is 5.18. The molecule has 2 atom stereocenters. The Morgan fingerprint density at radius 2 is 1.81 bits per heavy atom. The molecule has 0 spiro atoms. The summed E-state index contributed by atoms with van der Waals surface area (Å²) in [5.74, 6) is 0.721. The summed E-state index contributed by atoms with van der Waals surface area (Å²) in [6.45, 7) is 12.6. The predicted molar refractivity (Wildman–Crippen MR) is 91.9 cm³/mol. The zero-order valence-electron chi connectivity index (χ0n) is 14.5. The van der Waals surface area contributed by atoms with Gasteiger partial charge in [0.2, 0.25) is 0 Å². The fourth-order valence-corrected chi connectivity index (χ4v) is 3.90. The molecule has 1 aliphatic heterocycles. The second kappa shape index (κ2) is 7.42. The molecule has 1 saturated heterocycles. The van der Waals surface area contributed by atoms with E-state index in [0.717, 1.165) is 19.0 Å². The van der Waals surface area contributed by atoms with Gasteiger partial charge in [0.15, 0.2) is 0 Å². The maximum atomic E-state index is 3.43. The zero-order valence-corrected chi connectivity index (χ0v) is 14.5. The lowest BCUT2D eigenvalue weighted by Crippen LogP contribution is -2.36. The van der Waals surface area contributed by atoms with Gasteiger partial charge in [0.05, 0.1) is 0 Å². The Morgan fingerprint density at radius 1 is 1.10 bits per heavy atom. The average Bonchev–Trinajstić information content (AvgIpc) is 2.65. The van der Waals surface area contributed by atoms with Crippen LogP contribution in [-0.4, -0.2) is 31.6 Å². The van der Waals surface area contributed by atoms with Crippen LogP contribution in [-0.2, 0) is 0 Å². The van der Waals surface area contributed by atoms with Gasteiger partial charge in [0.25, 0.3) is 0 Å². The van der Waals surface area contributed by atoms with Crippen molar-refractivity contribution in [2.24, 2.45) is 5.92 Å². The molecule has 0 bridgehead atoms. The molecule has 1 fully saturated rings. The quantitative estimate of drug-likeness (QED) is 0.901. The van der Waals surface area contributed by atoms with E-state index in [0.29, 0.717) is 6.04 Å². The van der Waals surface area contributed by atoms with Crippen molar-refractivity contribution >= 4 is 0 Å². The molecule has 118 valence electrons. The fraction of sp³-hybridized carbons (Fsp3) is 0.684. The highest BCUT2D eigenvalue weighted by Crippen LogP contribution is 2.37. The molecule has 1 aromatic carbocycles. The summed E-state index contributed by atoms with van der Waals surface area (Å²) in [5.41, 5.74) is 5.86. The molecule has 0 aromatic heterocycles. The summed E-state index contributed by atoms with van der Waals surface area (Å²) in [5, 5.41) is 3.43. The number of nitrogens with one attached hydrogen (secondary N) is 1. The van der Waals surface area contributed by atoms with E-state index in [1.54, 1.807) is 5.56 Å². The number of rotatable bonds is 4. The van der Waals surface area contributed by atoms with Crippen molar-refractivity contribution in [3.05, 3.63) is 34.4 Å². The number of likely N-dealkylation sites (tertiary alicyclic amines) is 1. The first kappa shape index (κ1) is 16.5. The molecule has 0 aliphatic carbocycles. The van der Waals surface area contributed by atoms with Crippen molar-refractivity contribution in [3.63, 3.8) is 0 Å². The number of aryl methyl sites for hydroxylation is 3. The molecule has 2 heteroatoms. The van der Waals surface area contributed by atoms with E-state index in [4.69, 9.17) is 0 Å². The Hall–Kier alpha value is -0.860. The zero-order chi connectivity index (χ0) is 15.4.